The second kappa shape index (κ2) is 5.84. The summed E-state index contributed by atoms with van der Waals surface area (Å²) in [6, 6.07) is 9.16. The van der Waals surface area contributed by atoms with Gasteiger partial charge in [0.05, 0.1) is 12.1 Å². The van der Waals surface area contributed by atoms with Crippen LogP contribution in [-0.2, 0) is 4.74 Å². The van der Waals surface area contributed by atoms with Gasteiger partial charge in [-0.1, -0.05) is 18.2 Å². The first-order valence-electron chi connectivity index (χ1n) is 5.47. The van der Waals surface area contributed by atoms with Crippen LogP contribution in [0.1, 0.15) is 10.5 Å². The van der Waals surface area contributed by atoms with E-state index in [9.17, 15) is 4.79 Å². The number of hydrogen-bond acceptors (Lipinski definition) is 4. The smallest absolute Gasteiger partial charge is 0.354 e. The maximum absolute atomic E-state index is 11.0. The van der Waals surface area contributed by atoms with E-state index in [0.717, 1.165) is 16.0 Å². The molecule has 0 saturated heterocycles. The van der Waals surface area contributed by atoms with E-state index in [2.05, 4.69) is 4.98 Å². The minimum atomic E-state index is -1.01. The van der Waals surface area contributed by atoms with Gasteiger partial charge in [-0.05, 0) is 12.1 Å². The summed E-state index contributed by atoms with van der Waals surface area (Å²) in [6.07, 6.45) is 0. The Kier molecular flexibility index (Phi) is 4.17. The lowest BCUT2D eigenvalue weighted by atomic mass is 10.2. The number of hydrogen-bond donors (Lipinski definition) is 1. The minimum absolute atomic E-state index is 0.0774. The van der Waals surface area contributed by atoms with Crippen molar-refractivity contribution in [3.8, 4) is 0 Å². The predicted octanol–water partition coefficient (Wildman–Crippen LogP) is 2.67. The van der Waals surface area contributed by atoms with Crippen molar-refractivity contribution in [2.75, 3.05) is 19.5 Å². The molecule has 0 spiro atoms. The van der Waals surface area contributed by atoms with Gasteiger partial charge in [0.1, 0.15) is 5.69 Å². The van der Waals surface area contributed by atoms with Crippen LogP contribution in [0.3, 0.4) is 0 Å². The van der Waals surface area contributed by atoms with Crippen molar-refractivity contribution in [3.63, 3.8) is 0 Å². The Bertz CT molecular complexity index is 571. The van der Waals surface area contributed by atoms with Gasteiger partial charge in [-0.15, -0.1) is 11.8 Å². The Morgan fingerprint density at radius 1 is 1.44 bits per heavy atom. The highest BCUT2D eigenvalue weighted by Crippen LogP contribution is 2.27. The summed E-state index contributed by atoms with van der Waals surface area (Å²) in [5, 5.41) is 10.0. The minimum Gasteiger partial charge on any atom is -0.477 e. The number of para-hydroxylation sites is 1. The highest BCUT2D eigenvalue weighted by atomic mass is 32.2. The van der Waals surface area contributed by atoms with Crippen molar-refractivity contribution < 1.29 is 14.6 Å². The summed E-state index contributed by atoms with van der Waals surface area (Å²) < 4.78 is 5.00. The number of carboxylic acid groups (broad SMARTS) is 1. The van der Waals surface area contributed by atoms with E-state index in [4.69, 9.17) is 9.84 Å². The molecule has 0 saturated carbocycles. The highest BCUT2D eigenvalue weighted by molar-refractivity contribution is 7.99. The van der Waals surface area contributed by atoms with Crippen LogP contribution in [0.25, 0.3) is 10.9 Å². The van der Waals surface area contributed by atoms with Gasteiger partial charge in [-0.2, -0.15) is 0 Å². The number of benzene rings is 1. The number of aromatic carboxylic acids is 1. The summed E-state index contributed by atoms with van der Waals surface area (Å²) in [7, 11) is 1.65. The number of carbonyl (C=O) groups is 1. The third kappa shape index (κ3) is 2.80. The molecule has 1 heterocycles. The SMILES string of the molecule is COCCSc1cc(C(=O)O)nc2ccccc12. The average molecular weight is 263 g/mol. The topological polar surface area (TPSA) is 59.4 Å². The van der Waals surface area contributed by atoms with Gasteiger partial charge in [-0.3, -0.25) is 0 Å². The van der Waals surface area contributed by atoms with Gasteiger partial charge in [0, 0.05) is 23.1 Å². The second-order valence-electron chi connectivity index (χ2n) is 3.67. The van der Waals surface area contributed by atoms with Gasteiger partial charge < -0.3 is 9.84 Å². The van der Waals surface area contributed by atoms with Crippen molar-refractivity contribution in [2.24, 2.45) is 0 Å². The fraction of sp³-hybridized carbons (Fsp3) is 0.231. The summed E-state index contributed by atoms with van der Waals surface area (Å²) >= 11 is 1.58. The van der Waals surface area contributed by atoms with Gasteiger partial charge in [0.15, 0.2) is 0 Å². The Hall–Kier alpha value is -1.59. The maximum atomic E-state index is 11.0. The number of thioether (sulfide) groups is 1. The van der Waals surface area contributed by atoms with Crippen LogP contribution < -0.4 is 0 Å². The molecular formula is C13H13NO3S. The molecule has 1 N–H and O–H groups in total. The standard InChI is InChI=1S/C13H13NO3S/c1-17-6-7-18-12-8-11(13(15)16)14-10-5-3-2-4-9(10)12/h2-5,8H,6-7H2,1H3,(H,15,16). The number of pyridine rings is 1. The Labute approximate surface area is 109 Å². The van der Waals surface area contributed by atoms with Gasteiger partial charge >= 0.3 is 5.97 Å². The molecule has 0 radical (unpaired) electrons. The number of methoxy groups -OCH3 is 1. The zero-order chi connectivity index (χ0) is 13.0. The van der Waals surface area contributed by atoms with Crippen LogP contribution in [0.2, 0.25) is 0 Å². The Morgan fingerprint density at radius 3 is 2.94 bits per heavy atom. The van der Waals surface area contributed by atoms with Crippen LogP contribution in [0.5, 0.6) is 0 Å². The fourth-order valence-electron chi connectivity index (χ4n) is 1.61. The molecule has 18 heavy (non-hydrogen) atoms. The molecule has 94 valence electrons. The van der Waals surface area contributed by atoms with Crippen LogP contribution in [0.4, 0.5) is 0 Å². The molecule has 5 heteroatoms. The van der Waals surface area contributed by atoms with E-state index in [1.54, 1.807) is 24.9 Å². The summed E-state index contributed by atoms with van der Waals surface area (Å²) in [5.74, 6) is -0.224. The second-order valence-corrected chi connectivity index (χ2v) is 4.81. The number of carboxylic acids is 1. The number of ether oxygens (including phenoxy) is 1. The van der Waals surface area contributed by atoms with Gasteiger partial charge in [0.25, 0.3) is 0 Å². The first-order chi connectivity index (χ1) is 8.72. The third-order valence-corrected chi connectivity index (χ3v) is 3.46. The number of nitrogens with zero attached hydrogens (tertiary/aromatic N) is 1. The highest BCUT2D eigenvalue weighted by Gasteiger charge is 2.10. The molecule has 0 amide bonds. The quantitative estimate of drug-likeness (QED) is 0.664. The molecule has 0 aliphatic heterocycles. The third-order valence-electron chi connectivity index (χ3n) is 2.44. The normalized spacial score (nSPS) is 10.7. The van der Waals surface area contributed by atoms with E-state index in [-0.39, 0.29) is 5.69 Å². The largest absolute Gasteiger partial charge is 0.477 e. The monoisotopic (exact) mass is 263 g/mol. The van der Waals surface area contributed by atoms with Crippen LogP contribution >= 0.6 is 11.8 Å². The molecule has 0 atom stereocenters. The maximum Gasteiger partial charge on any atom is 0.354 e. The molecule has 2 aromatic rings. The number of rotatable bonds is 5. The van der Waals surface area contributed by atoms with Crippen molar-refractivity contribution >= 4 is 28.6 Å². The molecule has 0 bridgehead atoms. The zero-order valence-corrected chi connectivity index (χ0v) is 10.7. The van der Waals surface area contributed by atoms with Crippen molar-refractivity contribution in [1.29, 1.82) is 0 Å². The first-order valence-corrected chi connectivity index (χ1v) is 6.45. The van der Waals surface area contributed by atoms with E-state index in [0.29, 0.717) is 12.1 Å². The summed E-state index contributed by atoms with van der Waals surface area (Å²) in [5.41, 5.74) is 0.783. The Morgan fingerprint density at radius 2 is 2.22 bits per heavy atom. The van der Waals surface area contributed by atoms with Crippen molar-refractivity contribution in [3.05, 3.63) is 36.0 Å². The van der Waals surface area contributed by atoms with Crippen molar-refractivity contribution in [2.45, 2.75) is 4.90 Å². The molecule has 0 aliphatic rings. The predicted molar refractivity (Wildman–Crippen MR) is 71.3 cm³/mol. The van der Waals surface area contributed by atoms with E-state index in [1.807, 2.05) is 24.3 Å². The van der Waals surface area contributed by atoms with Gasteiger partial charge in [-0.25, -0.2) is 9.78 Å². The van der Waals surface area contributed by atoms with Crippen molar-refractivity contribution in [1.82, 2.24) is 4.98 Å². The molecule has 0 aliphatic carbocycles. The lowest BCUT2D eigenvalue weighted by Gasteiger charge is -2.07. The molecule has 0 fully saturated rings. The van der Waals surface area contributed by atoms with E-state index >= 15 is 0 Å². The fourth-order valence-corrected chi connectivity index (χ4v) is 2.60. The lowest BCUT2D eigenvalue weighted by Crippen LogP contribution is -2.01. The average Bonchev–Trinajstić information content (AvgIpc) is 2.38. The summed E-state index contributed by atoms with van der Waals surface area (Å²) in [6.45, 7) is 0.629. The molecule has 4 nitrogen and oxygen atoms in total. The van der Waals surface area contributed by atoms with Crippen LogP contribution in [0.15, 0.2) is 35.2 Å². The Balaban J connectivity index is 2.43. The molecule has 2 rings (SSSR count). The van der Waals surface area contributed by atoms with Crippen LogP contribution in [-0.4, -0.2) is 35.5 Å². The van der Waals surface area contributed by atoms with Crippen LogP contribution in [0, 0.1) is 0 Å². The summed E-state index contributed by atoms with van der Waals surface area (Å²) in [4.78, 5) is 16.1. The number of aromatic nitrogens is 1. The first kappa shape index (κ1) is 12.9. The van der Waals surface area contributed by atoms with Gasteiger partial charge in [0.2, 0.25) is 0 Å². The molecule has 0 unspecified atom stereocenters. The lowest BCUT2D eigenvalue weighted by molar-refractivity contribution is 0.0690. The molecule has 1 aromatic carbocycles. The molecular weight excluding hydrogens is 250 g/mol. The van der Waals surface area contributed by atoms with E-state index in [1.165, 1.54) is 0 Å². The molecule has 1 aromatic heterocycles. The number of fused-ring (bicyclic) bond motifs is 1. The van der Waals surface area contributed by atoms with E-state index < -0.39 is 5.97 Å². The zero-order valence-electron chi connectivity index (χ0n) is 9.92.